The number of ether oxygens (including phenoxy) is 1. The van der Waals surface area contributed by atoms with Gasteiger partial charge in [0.1, 0.15) is 11.2 Å². The van der Waals surface area contributed by atoms with E-state index < -0.39 is 11.2 Å². The second-order valence-corrected chi connectivity index (χ2v) is 9.95. The predicted molar refractivity (Wildman–Crippen MR) is 130 cm³/mol. The van der Waals surface area contributed by atoms with Gasteiger partial charge in [-0.05, 0) is 63.3 Å². The van der Waals surface area contributed by atoms with Crippen LogP contribution in [0.3, 0.4) is 0 Å². The first-order valence-corrected chi connectivity index (χ1v) is 12.1. The zero-order valence-corrected chi connectivity index (χ0v) is 18.4. The second kappa shape index (κ2) is 6.12. The van der Waals surface area contributed by atoms with Crippen molar-refractivity contribution < 1.29 is 4.74 Å². The lowest BCUT2D eigenvalue weighted by molar-refractivity contribution is -0.0342. The van der Waals surface area contributed by atoms with E-state index in [1.165, 1.54) is 45.4 Å². The average Bonchev–Trinajstić information content (AvgIpc) is 3.49. The minimum Gasteiger partial charge on any atom is -0.341 e. The Bertz CT molecular complexity index is 1450. The number of benzene rings is 4. The first-order chi connectivity index (χ1) is 16.3. The second-order valence-electron chi connectivity index (χ2n) is 9.95. The monoisotopic (exact) mass is 424 g/mol. The number of hydrogen-bond acceptors (Lipinski definition) is 1. The zero-order chi connectivity index (χ0) is 21.6. The molecule has 4 aliphatic rings. The largest absolute Gasteiger partial charge is 0.341 e. The molecule has 0 unspecified atom stereocenters. The normalized spacial score (nSPS) is 30.2. The van der Waals surface area contributed by atoms with Crippen molar-refractivity contribution in [2.75, 3.05) is 0 Å². The van der Waals surface area contributed by atoms with Crippen molar-refractivity contribution in [1.82, 2.24) is 0 Å². The van der Waals surface area contributed by atoms with Crippen LogP contribution >= 0.6 is 0 Å². The molecule has 4 atom stereocenters. The highest BCUT2D eigenvalue weighted by atomic mass is 16.5. The molecule has 2 heterocycles. The van der Waals surface area contributed by atoms with Gasteiger partial charge in [0.05, 0.1) is 0 Å². The Kier molecular flexibility index (Phi) is 3.35. The van der Waals surface area contributed by atoms with Gasteiger partial charge in [0.15, 0.2) is 0 Å². The molecule has 33 heavy (non-hydrogen) atoms. The Labute approximate surface area is 194 Å². The Hall–Kier alpha value is -3.42. The van der Waals surface area contributed by atoms with Crippen LogP contribution in [0.2, 0.25) is 0 Å². The molecule has 1 heteroatoms. The third-order valence-electron chi connectivity index (χ3n) is 8.61. The van der Waals surface area contributed by atoms with Crippen molar-refractivity contribution in [2.45, 2.75) is 35.9 Å². The topological polar surface area (TPSA) is 9.23 Å². The Morgan fingerprint density at radius 3 is 1.82 bits per heavy atom. The zero-order valence-electron chi connectivity index (χ0n) is 18.4. The van der Waals surface area contributed by atoms with Crippen molar-refractivity contribution in [1.29, 1.82) is 0 Å². The Morgan fingerprint density at radius 2 is 1.12 bits per heavy atom. The third-order valence-corrected chi connectivity index (χ3v) is 8.61. The van der Waals surface area contributed by atoms with Crippen LogP contribution < -0.4 is 0 Å². The van der Waals surface area contributed by atoms with Gasteiger partial charge < -0.3 is 4.74 Å². The minimum atomic E-state index is -0.532. The van der Waals surface area contributed by atoms with E-state index in [-0.39, 0.29) is 0 Å². The highest BCUT2D eigenvalue weighted by Crippen LogP contribution is 2.73. The van der Waals surface area contributed by atoms with E-state index in [4.69, 9.17) is 4.74 Å². The average molecular weight is 425 g/mol. The van der Waals surface area contributed by atoms with Gasteiger partial charge in [0.25, 0.3) is 0 Å². The molecule has 0 amide bonds. The van der Waals surface area contributed by atoms with Crippen LogP contribution in [0.25, 0.3) is 0 Å². The molecule has 4 aromatic rings. The number of hydrogen-bond donors (Lipinski definition) is 0. The van der Waals surface area contributed by atoms with Crippen molar-refractivity contribution in [3.05, 3.63) is 154 Å². The Balaban J connectivity index is 1.51. The van der Waals surface area contributed by atoms with Crippen LogP contribution in [-0.4, -0.2) is 0 Å². The van der Waals surface area contributed by atoms with Crippen LogP contribution in [-0.2, 0) is 15.9 Å². The summed E-state index contributed by atoms with van der Waals surface area (Å²) in [6.07, 6.45) is 2.27. The van der Waals surface area contributed by atoms with Gasteiger partial charge in [0, 0.05) is 5.92 Å². The third kappa shape index (κ3) is 2.00. The summed E-state index contributed by atoms with van der Waals surface area (Å²) in [5.41, 5.74) is 10.2. The minimum absolute atomic E-state index is 0.411. The molecule has 0 spiro atoms. The van der Waals surface area contributed by atoms with Crippen molar-refractivity contribution in [2.24, 2.45) is 0 Å². The van der Waals surface area contributed by atoms with Gasteiger partial charge in [-0.3, -0.25) is 0 Å². The van der Waals surface area contributed by atoms with Gasteiger partial charge in [-0.2, -0.15) is 0 Å². The molecule has 0 aromatic heterocycles. The fourth-order valence-corrected chi connectivity index (χ4v) is 7.53. The Morgan fingerprint density at radius 1 is 0.576 bits per heavy atom. The van der Waals surface area contributed by atoms with Crippen LogP contribution in [0.1, 0.15) is 58.1 Å². The lowest BCUT2D eigenvalue weighted by Gasteiger charge is -2.38. The highest BCUT2D eigenvalue weighted by Gasteiger charge is 2.68. The molecule has 158 valence electrons. The summed E-state index contributed by atoms with van der Waals surface area (Å²) in [4.78, 5) is 0. The molecule has 0 saturated heterocycles. The summed E-state index contributed by atoms with van der Waals surface area (Å²) in [5, 5.41) is 0. The molecule has 4 aromatic carbocycles. The fraction of sp³-hybridized carbons (Fsp3) is 0.188. The van der Waals surface area contributed by atoms with Gasteiger partial charge in [0.2, 0.25) is 0 Å². The quantitative estimate of drug-likeness (QED) is 0.310. The molecule has 2 aliphatic carbocycles. The van der Waals surface area contributed by atoms with Crippen molar-refractivity contribution in [3.63, 3.8) is 0 Å². The van der Waals surface area contributed by atoms with Gasteiger partial charge >= 0.3 is 0 Å². The first-order valence-electron chi connectivity index (χ1n) is 12.1. The van der Waals surface area contributed by atoms with E-state index in [1.54, 1.807) is 5.56 Å². The SMILES string of the molecule is c1ccc([C@]23O[C@](c4ccccc4)(C4=C2C[C@@H]2C[C@H]4c4ccccc42)c2ccccc23)cc1. The summed E-state index contributed by atoms with van der Waals surface area (Å²) in [5.74, 6) is 0.988. The van der Waals surface area contributed by atoms with Gasteiger partial charge in [-0.15, -0.1) is 0 Å². The first kappa shape index (κ1) is 18.1. The molecule has 2 aliphatic heterocycles. The van der Waals surface area contributed by atoms with Crippen molar-refractivity contribution >= 4 is 0 Å². The van der Waals surface area contributed by atoms with Gasteiger partial charge in [-0.25, -0.2) is 0 Å². The van der Waals surface area contributed by atoms with E-state index >= 15 is 0 Å². The highest BCUT2D eigenvalue weighted by molar-refractivity contribution is 5.71. The maximum absolute atomic E-state index is 7.53. The molecule has 8 rings (SSSR count). The van der Waals surface area contributed by atoms with E-state index in [2.05, 4.69) is 109 Å². The molecule has 4 bridgehead atoms. The van der Waals surface area contributed by atoms with Crippen molar-refractivity contribution in [3.8, 4) is 0 Å². The molecule has 0 fully saturated rings. The summed E-state index contributed by atoms with van der Waals surface area (Å²) in [7, 11) is 0. The molecular formula is C32H24O. The maximum atomic E-state index is 7.53. The lowest BCUT2D eigenvalue weighted by Crippen LogP contribution is -2.32. The van der Waals surface area contributed by atoms with Crippen LogP contribution in [0.4, 0.5) is 0 Å². The molecular weight excluding hydrogens is 400 g/mol. The van der Waals surface area contributed by atoms with Gasteiger partial charge in [-0.1, -0.05) is 109 Å². The van der Waals surface area contributed by atoms with Crippen LogP contribution in [0, 0.1) is 0 Å². The van der Waals surface area contributed by atoms with E-state index in [0.717, 1.165) is 6.42 Å². The smallest absolute Gasteiger partial charge is 0.143 e. The van der Waals surface area contributed by atoms with E-state index in [0.29, 0.717) is 11.8 Å². The molecule has 0 radical (unpaired) electrons. The van der Waals surface area contributed by atoms with Crippen LogP contribution in [0.15, 0.2) is 120 Å². The summed E-state index contributed by atoms with van der Waals surface area (Å²) in [6.45, 7) is 0. The molecule has 0 N–H and O–H groups in total. The van der Waals surface area contributed by atoms with Crippen LogP contribution in [0.5, 0.6) is 0 Å². The predicted octanol–water partition coefficient (Wildman–Crippen LogP) is 7.19. The van der Waals surface area contributed by atoms with E-state index in [9.17, 15) is 0 Å². The summed E-state index contributed by atoms with van der Waals surface area (Å²) >= 11 is 0. The number of fused-ring (bicyclic) bond motifs is 13. The van der Waals surface area contributed by atoms with E-state index in [1.807, 2.05) is 0 Å². The summed E-state index contributed by atoms with van der Waals surface area (Å²) < 4.78 is 7.53. The number of rotatable bonds is 2. The fourth-order valence-electron chi connectivity index (χ4n) is 7.53. The lowest BCUT2D eigenvalue weighted by atomic mass is 9.61. The maximum Gasteiger partial charge on any atom is 0.143 e. The molecule has 0 saturated carbocycles. The molecule has 1 nitrogen and oxygen atoms in total. The summed E-state index contributed by atoms with van der Waals surface area (Å²) in [6, 6.07) is 40.0. The standard InChI is InChI=1S/C32H24O/c1-3-11-22(12-4-1)31-27-17-9-10-18-28(27)32(33-31,23-13-5-2-6-14-23)30-26-19-21(20-29(30)31)24-15-7-8-16-25(24)26/h1-18,21,26H,19-20H2/t21-,26-,31+,32-/m0/s1.